The number of hydrogen-bond donors (Lipinski definition) is 1. The molecule has 0 aliphatic carbocycles. The smallest absolute Gasteiger partial charge is 0.125 e. The number of aromatic nitrogens is 2. The predicted molar refractivity (Wildman–Crippen MR) is 77.9 cm³/mol. The van der Waals surface area contributed by atoms with Crippen molar-refractivity contribution >= 4 is 34.3 Å². The third kappa shape index (κ3) is 2.41. The molecule has 0 aliphatic rings. The molecule has 0 atom stereocenters. The Morgan fingerprint density at radius 2 is 1.95 bits per heavy atom. The van der Waals surface area contributed by atoms with Gasteiger partial charge in [0.15, 0.2) is 0 Å². The van der Waals surface area contributed by atoms with Crippen molar-refractivity contribution in [2.24, 2.45) is 0 Å². The minimum Gasteiger partial charge on any atom is -0.411 e. The molecular weight excluding hydrogens is 280 g/mol. The number of nitrogens with zero attached hydrogens (tertiary/aromatic N) is 2. The van der Waals surface area contributed by atoms with Crippen LogP contribution in [0.1, 0.15) is 5.56 Å². The van der Waals surface area contributed by atoms with Gasteiger partial charge < -0.3 is 5.21 Å². The van der Waals surface area contributed by atoms with Gasteiger partial charge in [-0.1, -0.05) is 41.9 Å². The van der Waals surface area contributed by atoms with Crippen molar-refractivity contribution in [2.45, 2.75) is 10.6 Å². The summed E-state index contributed by atoms with van der Waals surface area (Å²) in [6.07, 6.45) is 1.57. The Hall–Kier alpha value is -1.65. The number of fused-ring (bicyclic) bond motifs is 1. The summed E-state index contributed by atoms with van der Waals surface area (Å²) in [5.41, 5.74) is 1.90. The second-order valence-corrected chi connectivity index (χ2v) is 5.54. The molecule has 0 fully saturated rings. The molecule has 0 amide bonds. The maximum Gasteiger partial charge on any atom is 0.125 e. The third-order valence-electron chi connectivity index (χ3n) is 2.86. The molecule has 0 unspecified atom stereocenters. The zero-order valence-electron chi connectivity index (χ0n) is 9.95. The monoisotopic (exact) mass is 290 g/mol. The van der Waals surface area contributed by atoms with Gasteiger partial charge in [-0.3, -0.25) is 0 Å². The summed E-state index contributed by atoms with van der Waals surface area (Å²) in [7, 11) is 0. The Bertz CT molecular complexity index is 712. The van der Waals surface area contributed by atoms with Gasteiger partial charge in [-0.05, 0) is 17.7 Å². The van der Waals surface area contributed by atoms with E-state index in [4.69, 9.17) is 11.6 Å². The van der Waals surface area contributed by atoms with E-state index in [1.165, 1.54) is 5.56 Å². The fourth-order valence-electron chi connectivity index (χ4n) is 1.91. The van der Waals surface area contributed by atoms with E-state index in [-0.39, 0.29) is 0 Å². The fraction of sp³-hybridized carbons (Fsp3) is 0.0714. The molecule has 0 bridgehead atoms. The highest BCUT2D eigenvalue weighted by molar-refractivity contribution is 7.98. The van der Waals surface area contributed by atoms with Crippen LogP contribution in [0.4, 0.5) is 0 Å². The van der Waals surface area contributed by atoms with Gasteiger partial charge in [0.05, 0.1) is 11.2 Å². The summed E-state index contributed by atoms with van der Waals surface area (Å²) in [4.78, 5) is 1.84. The Morgan fingerprint density at radius 1 is 1.16 bits per heavy atom. The minimum absolute atomic E-state index is 0.597. The van der Waals surface area contributed by atoms with Crippen molar-refractivity contribution < 1.29 is 5.21 Å². The van der Waals surface area contributed by atoms with E-state index in [1.807, 2.05) is 30.3 Å². The molecule has 5 heteroatoms. The summed E-state index contributed by atoms with van der Waals surface area (Å²) < 4.78 is 0. The molecule has 96 valence electrons. The quantitative estimate of drug-likeness (QED) is 0.580. The molecule has 1 N–H and O–H groups in total. The number of hydrogen-bond acceptors (Lipinski definition) is 3. The second-order valence-electron chi connectivity index (χ2n) is 4.12. The highest BCUT2D eigenvalue weighted by Crippen LogP contribution is 2.33. The molecule has 19 heavy (non-hydrogen) atoms. The molecule has 0 spiro atoms. The first-order valence-electron chi connectivity index (χ1n) is 5.78. The van der Waals surface area contributed by atoms with Gasteiger partial charge >= 0.3 is 0 Å². The molecule has 0 saturated carbocycles. The summed E-state index contributed by atoms with van der Waals surface area (Å²) in [5.74, 6) is 0.836. The SMILES string of the molecule is On1ncc2c(Cl)ccc(SCc3ccccc3)c21. The van der Waals surface area contributed by atoms with Gasteiger partial charge in [-0.2, -0.15) is 0 Å². The summed E-state index contributed by atoms with van der Waals surface area (Å²) in [6, 6.07) is 13.9. The lowest BCUT2D eigenvalue weighted by molar-refractivity contribution is 0.160. The van der Waals surface area contributed by atoms with Crippen LogP contribution in [-0.2, 0) is 5.75 Å². The average Bonchev–Trinajstić information content (AvgIpc) is 2.83. The first-order chi connectivity index (χ1) is 9.25. The molecule has 0 aliphatic heterocycles. The van der Waals surface area contributed by atoms with Crippen molar-refractivity contribution in [1.29, 1.82) is 0 Å². The standard InChI is InChI=1S/C14H11ClN2OS/c15-12-6-7-13(14-11(12)8-16-17(14)18)19-9-10-4-2-1-3-5-10/h1-8,18H,9H2. The number of thioether (sulfide) groups is 1. The van der Waals surface area contributed by atoms with E-state index >= 15 is 0 Å². The zero-order chi connectivity index (χ0) is 13.2. The van der Waals surface area contributed by atoms with Gasteiger partial charge in [-0.15, -0.1) is 21.7 Å². The van der Waals surface area contributed by atoms with Crippen molar-refractivity contribution in [3.05, 3.63) is 59.2 Å². The predicted octanol–water partition coefficient (Wildman–Crippen LogP) is 4.22. The Kier molecular flexibility index (Phi) is 3.36. The summed E-state index contributed by atoms with van der Waals surface area (Å²) in [5, 5.41) is 15.0. The van der Waals surface area contributed by atoms with Crippen LogP contribution in [0.2, 0.25) is 5.02 Å². The fourth-order valence-corrected chi connectivity index (χ4v) is 3.12. The minimum atomic E-state index is 0.597. The van der Waals surface area contributed by atoms with Gasteiger partial charge in [-0.25, -0.2) is 0 Å². The highest BCUT2D eigenvalue weighted by atomic mass is 35.5. The van der Waals surface area contributed by atoms with E-state index in [0.29, 0.717) is 10.5 Å². The highest BCUT2D eigenvalue weighted by Gasteiger charge is 2.11. The van der Waals surface area contributed by atoms with Gasteiger partial charge in [0.25, 0.3) is 0 Å². The Morgan fingerprint density at radius 3 is 2.74 bits per heavy atom. The number of halogens is 1. The van der Waals surface area contributed by atoms with Gasteiger partial charge in [0.2, 0.25) is 0 Å². The van der Waals surface area contributed by atoms with Crippen molar-refractivity contribution in [3.63, 3.8) is 0 Å². The Labute approximate surface area is 119 Å². The lowest BCUT2D eigenvalue weighted by Gasteiger charge is -2.05. The molecule has 0 radical (unpaired) electrons. The number of rotatable bonds is 3. The van der Waals surface area contributed by atoms with Crippen molar-refractivity contribution in [1.82, 2.24) is 9.94 Å². The molecule has 3 rings (SSSR count). The maximum atomic E-state index is 9.75. The molecule has 1 heterocycles. The van der Waals surface area contributed by atoms with Crippen LogP contribution in [0.3, 0.4) is 0 Å². The van der Waals surface area contributed by atoms with Crippen LogP contribution in [0.25, 0.3) is 10.9 Å². The normalized spacial score (nSPS) is 11.0. The largest absolute Gasteiger partial charge is 0.411 e. The van der Waals surface area contributed by atoms with Crippen molar-refractivity contribution in [3.8, 4) is 0 Å². The zero-order valence-corrected chi connectivity index (χ0v) is 11.5. The average molecular weight is 291 g/mol. The molecule has 0 saturated heterocycles. The molecule has 1 aromatic heterocycles. The summed E-state index contributed by atoms with van der Waals surface area (Å²) in [6.45, 7) is 0. The van der Waals surface area contributed by atoms with Crippen LogP contribution in [0.15, 0.2) is 53.6 Å². The molecular formula is C14H11ClN2OS. The Balaban J connectivity index is 1.93. The van der Waals surface area contributed by atoms with E-state index in [2.05, 4.69) is 17.2 Å². The van der Waals surface area contributed by atoms with E-state index in [1.54, 1.807) is 18.0 Å². The van der Waals surface area contributed by atoms with E-state index in [9.17, 15) is 5.21 Å². The van der Waals surface area contributed by atoms with Crippen LogP contribution >= 0.6 is 23.4 Å². The van der Waals surface area contributed by atoms with E-state index < -0.39 is 0 Å². The first kappa shape index (κ1) is 12.4. The topological polar surface area (TPSA) is 38.0 Å². The lowest BCUT2D eigenvalue weighted by Crippen LogP contribution is -1.93. The van der Waals surface area contributed by atoms with Gasteiger partial charge in [0.1, 0.15) is 5.52 Å². The van der Waals surface area contributed by atoms with E-state index in [0.717, 1.165) is 20.9 Å². The van der Waals surface area contributed by atoms with Gasteiger partial charge in [0, 0.05) is 16.0 Å². The molecule has 2 aromatic carbocycles. The van der Waals surface area contributed by atoms with Crippen LogP contribution in [-0.4, -0.2) is 15.2 Å². The van der Waals surface area contributed by atoms with Crippen LogP contribution < -0.4 is 0 Å². The molecule has 3 nitrogen and oxygen atoms in total. The van der Waals surface area contributed by atoms with Crippen LogP contribution in [0.5, 0.6) is 0 Å². The maximum absolute atomic E-state index is 9.75. The first-order valence-corrected chi connectivity index (χ1v) is 7.14. The van der Waals surface area contributed by atoms with Crippen LogP contribution in [0, 0.1) is 0 Å². The van der Waals surface area contributed by atoms with Crippen molar-refractivity contribution in [2.75, 3.05) is 0 Å². The second kappa shape index (κ2) is 5.15. The number of benzene rings is 2. The third-order valence-corrected chi connectivity index (χ3v) is 4.31. The summed E-state index contributed by atoms with van der Waals surface area (Å²) >= 11 is 7.74. The lowest BCUT2D eigenvalue weighted by atomic mass is 10.2. The molecule has 3 aromatic rings.